The minimum absolute atomic E-state index is 0.136. The first-order chi connectivity index (χ1) is 14.0. The molecule has 1 fully saturated rings. The molecule has 1 saturated heterocycles. The van der Waals surface area contributed by atoms with E-state index < -0.39 is 11.9 Å². The fourth-order valence-corrected chi connectivity index (χ4v) is 4.76. The van der Waals surface area contributed by atoms with Crippen LogP contribution in [0, 0.1) is 5.82 Å². The van der Waals surface area contributed by atoms with Gasteiger partial charge in [0.05, 0.1) is 5.69 Å². The number of aromatic nitrogens is 3. The Hall–Kier alpha value is -2.33. The Morgan fingerprint density at radius 2 is 2.24 bits per heavy atom. The second-order valence-corrected chi connectivity index (χ2v) is 8.73. The summed E-state index contributed by atoms with van der Waals surface area (Å²) in [6, 6.07) is 5.52. The molecule has 0 bridgehead atoms. The molecule has 1 amide bonds. The van der Waals surface area contributed by atoms with Crippen molar-refractivity contribution in [1.29, 1.82) is 0 Å². The van der Waals surface area contributed by atoms with Crippen molar-refractivity contribution < 1.29 is 9.18 Å². The highest BCUT2D eigenvalue weighted by molar-refractivity contribution is 9.10. The molecule has 4 rings (SSSR count). The molecule has 1 unspecified atom stereocenters. The predicted molar refractivity (Wildman–Crippen MR) is 114 cm³/mol. The number of fused-ring (bicyclic) bond motifs is 1. The molecule has 0 radical (unpaired) electrons. The van der Waals surface area contributed by atoms with E-state index in [0.717, 1.165) is 25.0 Å². The average Bonchev–Trinajstić information content (AvgIpc) is 3.31. The lowest BCUT2D eigenvalue weighted by molar-refractivity contribution is -0.117. The van der Waals surface area contributed by atoms with Crippen LogP contribution < -0.4 is 15.8 Å². The number of anilines is 2. The molecule has 2 aromatic heterocycles. The van der Waals surface area contributed by atoms with Crippen LogP contribution in [0.25, 0.3) is 4.96 Å². The Morgan fingerprint density at radius 1 is 1.41 bits per heavy atom. The zero-order valence-electron chi connectivity index (χ0n) is 15.7. The van der Waals surface area contributed by atoms with E-state index in [0.29, 0.717) is 27.5 Å². The van der Waals surface area contributed by atoms with Gasteiger partial charge in [-0.1, -0.05) is 40.6 Å². The molecule has 29 heavy (non-hydrogen) atoms. The second-order valence-electron chi connectivity index (χ2n) is 6.88. The topological polar surface area (TPSA) is 79.6 Å². The lowest BCUT2D eigenvalue weighted by Crippen LogP contribution is -2.40. The molecule has 0 spiro atoms. The van der Waals surface area contributed by atoms with Crippen LogP contribution >= 0.6 is 27.3 Å². The summed E-state index contributed by atoms with van der Waals surface area (Å²) in [4.78, 5) is 32.1. The standard InChI is InChI=1S/C19H19BrFN5O2S/c1-2-4-12-10-16(27)26-18(22-12)29-19(24-26)25-8-3-5-15(25)17(28)23-14-7-6-11(20)9-13(14)21/h6-7,9-10,15H,2-5,8H2,1H3,(H,23,28). The van der Waals surface area contributed by atoms with Crippen molar-refractivity contribution in [2.45, 2.75) is 38.6 Å². The van der Waals surface area contributed by atoms with Gasteiger partial charge in [0.1, 0.15) is 11.9 Å². The van der Waals surface area contributed by atoms with E-state index >= 15 is 0 Å². The minimum Gasteiger partial charge on any atom is -0.335 e. The van der Waals surface area contributed by atoms with E-state index in [1.54, 1.807) is 6.07 Å². The van der Waals surface area contributed by atoms with Crippen LogP contribution in [0.1, 0.15) is 31.9 Å². The van der Waals surface area contributed by atoms with Crippen LogP contribution in [0.5, 0.6) is 0 Å². The molecule has 1 aliphatic heterocycles. The third kappa shape index (κ3) is 4.04. The van der Waals surface area contributed by atoms with E-state index in [1.807, 2.05) is 11.8 Å². The number of nitrogens with zero attached hydrogens (tertiary/aromatic N) is 4. The number of benzene rings is 1. The summed E-state index contributed by atoms with van der Waals surface area (Å²) in [5, 5.41) is 7.62. The summed E-state index contributed by atoms with van der Waals surface area (Å²) in [6.07, 6.45) is 3.06. The van der Waals surface area contributed by atoms with Crippen LogP contribution in [0.2, 0.25) is 0 Å². The van der Waals surface area contributed by atoms with Gasteiger partial charge in [-0.05, 0) is 37.5 Å². The van der Waals surface area contributed by atoms with Crippen LogP contribution in [0.15, 0.2) is 33.5 Å². The summed E-state index contributed by atoms with van der Waals surface area (Å²) < 4.78 is 16.0. The lowest BCUT2D eigenvalue weighted by Gasteiger charge is -2.22. The number of nitrogens with one attached hydrogen (secondary N) is 1. The van der Waals surface area contributed by atoms with Gasteiger partial charge < -0.3 is 10.2 Å². The maximum atomic E-state index is 14.1. The van der Waals surface area contributed by atoms with Crippen LogP contribution in [-0.2, 0) is 11.2 Å². The number of rotatable bonds is 5. The zero-order valence-corrected chi connectivity index (χ0v) is 18.1. The second kappa shape index (κ2) is 8.19. The molecule has 152 valence electrons. The third-order valence-corrected chi connectivity index (χ3v) is 6.22. The highest BCUT2D eigenvalue weighted by atomic mass is 79.9. The van der Waals surface area contributed by atoms with Crippen molar-refractivity contribution >= 4 is 49.0 Å². The number of hydrogen-bond acceptors (Lipinski definition) is 6. The Balaban J connectivity index is 1.60. The van der Waals surface area contributed by atoms with Gasteiger partial charge in [-0.2, -0.15) is 4.52 Å². The number of halogens is 2. The molecule has 0 aliphatic carbocycles. The van der Waals surface area contributed by atoms with Crippen molar-refractivity contribution in [3.8, 4) is 0 Å². The van der Waals surface area contributed by atoms with Crippen molar-refractivity contribution in [3.05, 3.63) is 50.6 Å². The summed E-state index contributed by atoms with van der Waals surface area (Å²) in [6.45, 7) is 2.67. The fourth-order valence-electron chi connectivity index (χ4n) is 3.42. The first-order valence-corrected chi connectivity index (χ1v) is 11.0. The van der Waals surface area contributed by atoms with E-state index in [-0.39, 0.29) is 17.2 Å². The number of aryl methyl sites for hydroxylation is 1. The summed E-state index contributed by atoms with van der Waals surface area (Å²) >= 11 is 4.49. The highest BCUT2D eigenvalue weighted by Gasteiger charge is 2.33. The molecule has 1 atom stereocenters. The monoisotopic (exact) mass is 479 g/mol. The zero-order chi connectivity index (χ0) is 20.5. The Kier molecular flexibility index (Phi) is 5.64. The first kappa shape index (κ1) is 20.0. The van der Waals surface area contributed by atoms with Gasteiger partial charge in [-0.3, -0.25) is 9.59 Å². The van der Waals surface area contributed by atoms with Gasteiger partial charge in [0.2, 0.25) is 16.0 Å². The Morgan fingerprint density at radius 3 is 3.00 bits per heavy atom. The van der Waals surface area contributed by atoms with Crippen LogP contribution in [0.3, 0.4) is 0 Å². The predicted octanol–water partition coefficient (Wildman–Crippen LogP) is 3.61. The van der Waals surface area contributed by atoms with E-state index in [1.165, 1.54) is 34.1 Å². The number of hydrogen-bond donors (Lipinski definition) is 1. The molecule has 3 aromatic rings. The molecule has 0 saturated carbocycles. The molecular formula is C19H19BrFN5O2S. The highest BCUT2D eigenvalue weighted by Crippen LogP contribution is 2.30. The fraction of sp³-hybridized carbons (Fsp3) is 0.368. The van der Waals surface area contributed by atoms with E-state index in [4.69, 9.17) is 0 Å². The van der Waals surface area contributed by atoms with Crippen LogP contribution in [0.4, 0.5) is 15.2 Å². The first-order valence-electron chi connectivity index (χ1n) is 9.38. The molecular weight excluding hydrogens is 461 g/mol. The van der Waals surface area contributed by atoms with E-state index in [9.17, 15) is 14.0 Å². The minimum atomic E-state index is -0.503. The maximum Gasteiger partial charge on any atom is 0.275 e. The Bertz CT molecular complexity index is 1130. The van der Waals surface area contributed by atoms with E-state index in [2.05, 4.69) is 31.3 Å². The van der Waals surface area contributed by atoms with Gasteiger partial charge in [-0.25, -0.2) is 9.37 Å². The number of amides is 1. The summed E-state index contributed by atoms with van der Waals surface area (Å²) in [5.74, 6) is -0.800. The van der Waals surface area contributed by atoms with Crippen molar-refractivity contribution in [1.82, 2.24) is 14.6 Å². The molecule has 7 nitrogen and oxygen atoms in total. The number of carbonyl (C=O) groups excluding carboxylic acids is 1. The quantitative estimate of drug-likeness (QED) is 0.604. The SMILES string of the molecule is CCCc1cc(=O)n2nc(N3CCCC3C(=O)Nc3ccc(Br)cc3F)sc2n1. The van der Waals surface area contributed by atoms with Gasteiger partial charge >= 0.3 is 0 Å². The van der Waals surface area contributed by atoms with Crippen molar-refractivity contribution in [3.63, 3.8) is 0 Å². The smallest absolute Gasteiger partial charge is 0.275 e. The molecule has 3 heterocycles. The average molecular weight is 480 g/mol. The number of carbonyl (C=O) groups is 1. The summed E-state index contributed by atoms with van der Waals surface area (Å²) in [7, 11) is 0. The normalized spacial score (nSPS) is 16.5. The van der Waals surface area contributed by atoms with Crippen molar-refractivity contribution in [2.75, 3.05) is 16.8 Å². The third-order valence-electron chi connectivity index (χ3n) is 4.78. The molecule has 1 aliphatic rings. The summed E-state index contributed by atoms with van der Waals surface area (Å²) in [5.41, 5.74) is 0.656. The van der Waals surface area contributed by atoms with Crippen LogP contribution in [-0.4, -0.2) is 33.1 Å². The molecule has 1 aromatic carbocycles. The molecule has 1 N–H and O–H groups in total. The van der Waals surface area contributed by atoms with Crippen molar-refractivity contribution in [2.24, 2.45) is 0 Å². The van der Waals surface area contributed by atoms with Gasteiger partial charge in [0.25, 0.3) is 5.56 Å². The maximum absolute atomic E-state index is 14.1. The molecule has 10 heteroatoms. The van der Waals surface area contributed by atoms with Gasteiger partial charge in [0.15, 0.2) is 0 Å². The van der Waals surface area contributed by atoms with Gasteiger partial charge in [0, 0.05) is 22.8 Å². The lowest BCUT2D eigenvalue weighted by atomic mass is 10.2. The Labute approximate surface area is 178 Å². The largest absolute Gasteiger partial charge is 0.335 e. The van der Waals surface area contributed by atoms with Gasteiger partial charge in [-0.15, -0.1) is 5.10 Å².